The largest absolute Gasteiger partial charge is 0.486 e. The number of ether oxygens (including phenoxy) is 3. The molecule has 0 bridgehead atoms. The molecule has 2 aromatic carbocycles. The molecule has 1 fully saturated rings. The number of benzene rings is 2. The van der Waals surface area contributed by atoms with Crippen LogP contribution in [0.5, 0.6) is 11.5 Å². The number of hydrogen-bond acceptors (Lipinski definition) is 5. The molecule has 0 saturated carbocycles. The van der Waals surface area contributed by atoms with Crippen LogP contribution in [-0.2, 0) is 20.9 Å². The summed E-state index contributed by atoms with van der Waals surface area (Å²) in [6.45, 7) is 1.01. The lowest BCUT2D eigenvalue weighted by molar-refractivity contribution is -0.149. The number of amides is 1. The first-order valence-electron chi connectivity index (χ1n) is 8.72. The lowest BCUT2D eigenvalue weighted by Gasteiger charge is -2.22. The van der Waals surface area contributed by atoms with E-state index in [1.165, 1.54) is 11.0 Å². The van der Waals surface area contributed by atoms with Gasteiger partial charge in [0.15, 0.2) is 11.5 Å². The van der Waals surface area contributed by atoms with Crippen LogP contribution < -0.4 is 14.4 Å². The molecule has 1 unspecified atom stereocenters. The maximum atomic E-state index is 13.6. The van der Waals surface area contributed by atoms with Gasteiger partial charge in [0.1, 0.15) is 25.6 Å². The first-order valence-corrected chi connectivity index (χ1v) is 8.72. The molecule has 140 valence electrons. The molecule has 6 nitrogen and oxygen atoms in total. The number of carbonyl (C=O) groups excluding carboxylic acids is 2. The van der Waals surface area contributed by atoms with Crippen molar-refractivity contribution < 1.29 is 28.2 Å². The van der Waals surface area contributed by atoms with E-state index in [-0.39, 0.29) is 25.5 Å². The Bertz CT molecular complexity index is 884. The van der Waals surface area contributed by atoms with Gasteiger partial charge in [-0.2, -0.15) is 0 Å². The lowest BCUT2D eigenvalue weighted by atomic mass is 10.1. The summed E-state index contributed by atoms with van der Waals surface area (Å²) in [6, 6.07) is 11.4. The lowest BCUT2D eigenvalue weighted by Crippen LogP contribution is -2.26. The van der Waals surface area contributed by atoms with Crippen molar-refractivity contribution >= 4 is 17.6 Å². The number of fused-ring (bicyclic) bond motifs is 1. The van der Waals surface area contributed by atoms with Crippen molar-refractivity contribution in [1.29, 1.82) is 0 Å². The summed E-state index contributed by atoms with van der Waals surface area (Å²) in [6.07, 6.45) is 0.0601. The zero-order valence-electron chi connectivity index (χ0n) is 14.5. The van der Waals surface area contributed by atoms with Crippen LogP contribution >= 0.6 is 0 Å². The molecule has 0 radical (unpaired) electrons. The standard InChI is InChI=1S/C20H18FNO5/c21-16-4-2-1-3-13(16)12-27-20(24)14-9-19(23)22(11-14)15-5-6-17-18(10-15)26-8-7-25-17/h1-6,10,14H,7-9,11-12H2. The third-order valence-electron chi connectivity index (χ3n) is 4.62. The van der Waals surface area contributed by atoms with Crippen LogP contribution in [0.3, 0.4) is 0 Å². The van der Waals surface area contributed by atoms with Gasteiger partial charge in [-0.15, -0.1) is 0 Å². The van der Waals surface area contributed by atoms with E-state index in [2.05, 4.69) is 0 Å². The maximum absolute atomic E-state index is 13.6. The van der Waals surface area contributed by atoms with Crippen molar-refractivity contribution in [2.24, 2.45) is 5.92 Å². The molecule has 0 aliphatic carbocycles. The van der Waals surface area contributed by atoms with Crippen molar-refractivity contribution in [3.63, 3.8) is 0 Å². The van der Waals surface area contributed by atoms with E-state index < -0.39 is 17.7 Å². The normalized spacial score (nSPS) is 18.5. The number of rotatable bonds is 4. The van der Waals surface area contributed by atoms with E-state index in [4.69, 9.17) is 14.2 Å². The highest BCUT2D eigenvalue weighted by atomic mass is 19.1. The fraction of sp³-hybridized carbons (Fsp3) is 0.300. The highest BCUT2D eigenvalue weighted by Crippen LogP contribution is 2.36. The van der Waals surface area contributed by atoms with E-state index in [9.17, 15) is 14.0 Å². The van der Waals surface area contributed by atoms with Gasteiger partial charge in [-0.3, -0.25) is 9.59 Å². The van der Waals surface area contributed by atoms with Crippen LogP contribution in [0.1, 0.15) is 12.0 Å². The maximum Gasteiger partial charge on any atom is 0.311 e. The van der Waals surface area contributed by atoms with Gasteiger partial charge in [-0.25, -0.2) is 4.39 Å². The minimum Gasteiger partial charge on any atom is -0.486 e. The summed E-state index contributed by atoms with van der Waals surface area (Å²) in [5.41, 5.74) is 0.951. The molecule has 2 aliphatic rings. The highest BCUT2D eigenvalue weighted by Gasteiger charge is 2.36. The fourth-order valence-corrected chi connectivity index (χ4v) is 3.20. The zero-order valence-corrected chi connectivity index (χ0v) is 14.5. The van der Waals surface area contributed by atoms with Gasteiger partial charge in [-0.1, -0.05) is 18.2 Å². The predicted octanol–water partition coefficient (Wildman–Crippen LogP) is 2.69. The van der Waals surface area contributed by atoms with E-state index in [1.807, 2.05) is 0 Å². The molecule has 2 heterocycles. The van der Waals surface area contributed by atoms with Gasteiger partial charge >= 0.3 is 5.97 Å². The molecular weight excluding hydrogens is 353 g/mol. The molecular formula is C20H18FNO5. The average molecular weight is 371 g/mol. The summed E-state index contributed by atoms with van der Waals surface area (Å²) < 4.78 is 29.9. The third kappa shape index (κ3) is 3.58. The van der Waals surface area contributed by atoms with Gasteiger partial charge < -0.3 is 19.1 Å². The van der Waals surface area contributed by atoms with Gasteiger partial charge in [0.25, 0.3) is 0 Å². The van der Waals surface area contributed by atoms with Gasteiger partial charge in [0.2, 0.25) is 5.91 Å². The van der Waals surface area contributed by atoms with Crippen molar-refractivity contribution in [2.75, 3.05) is 24.7 Å². The van der Waals surface area contributed by atoms with E-state index in [1.54, 1.807) is 36.4 Å². The second-order valence-corrected chi connectivity index (χ2v) is 6.43. The van der Waals surface area contributed by atoms with Gasteiger partial charge in [-0.05, 0) is 18.2 Å². The number of anilines is 1. The molecule has 1 amide bonds. The van der Waals surface area contributed by atoms with Crippen molar-refractivity contribution in [3.8, 4) is 11.5 Å². The average Bonchev–Trinajstić information content (AvgIpc) is 3.08. The molecule has 4 rings (SSSR count). The first kappa shape index (κ1) is 17.3. The quantitative estimate of drug-likeness (QED) is 0.774. The Morgan fingerprint density at radius 2 is 1.93 bits per heavy atom. The van der Waals surface area contributed by atoms with Crippen LogP contribution in [0.4, 0.5) is 10.1 Å². The van der Waals surface area contributed by atoms with Crippen LogP contribution in [0.15, 0.2) is 42.5 Å². The first-order chi connectivity index (χ1) is 13.1. The Balaban J connectivity index is 1.41. The summed E-state index contributed by atoms with van der Waals surface area (Å²) in [5.74, 6) is -0.469. The fourth-order valence-electron chi connectivity index (χ4n) is 3.20. The van der Waals surface area contributed by atoms with Crippen molar-refractivity contribution in [2.45, 2.75) is 13.0 Å². The van der Waals surface area contributed by atoms with Crippen LogP contribution in [0, 0.1) is 11.7 Å². The smallest absolute Gasteiger partial charge is 0.311 e. The second kappa shape index (κ2) is 7.26. The monoisotopic (exact) mass is 371 g/mol. The number of esters is 1. The molecule has 2 aliphatic heterocycles. The number of nitrogens with zero attached hydrogens (tertiary/aromatic N) is 1. The zero-order chi connectivity index (χ0) is 18.8. The third-order valence-corrected chi connectivity index (χ3v) is 4.62. The Kier molecular flexibility index (Phi) is 4.66. The minimum atomic E-state index is -0.586. The number of halogens is 1. The summed E-state index contributed by atoms with van der Waals surface area (Å²) in [4.78, 5) is 26.2. The second-order valence-electron chi connectivity index (χ2n) is 6.43. The topological polar surface area (TPSA) is 65.1 Å². The summed E-state index contributed by atoms with van der Waals surface area (Å²) in [7, 11) is 0. The van der Waals surface area contributed by atoms with E-state index in [0.717, 1.165) is 0 Å². The van der Waals surface area contributed by atoms with Crippen molar-refractivity contribution in [1.82, 2.24) is 0 Å². The van der Waals surface area contributed by atoms with Crippen LogP contribution in [-0.4, -0.2) is 31.6 Å². The molecule has 1 atom stereocenters. The molecule has 0 spiro atoms. The minimum absolute atomic E-state index is 0.0601. The Labute approximate surface area is 155 Å². The predicted molar refractivity (Wildman–Crippen MR) is 94.1 cm³/mol. The SMILES string of the molecule is O=C(OCc1ccccc1F)C1CC(=O)N(c2ccc3c(c2)OCCO3)C1. The summed E-state index contributed by atoms with van der Waals surface area (Å²) in [5, 5.41) is 0. The highest BCUT2D eigenvalue weighted by molar-refractivity contribution is 5.99. The Morgan fingerprint density at radius 1 is 1.15 bits per heavy atom. The molecule has 2 aromatic rings. The summed E-state index contributed by atoms with van der Waals surface area (Å²) >= 11 is 0. The molecule has 27 heavy (non-hydrogen) atoms. The number of hydrogen-bond donors (Lipinski definition) is 0. The van der Waals surface area contributed by atoms with E-state index >= 15 is 0 Å². The Morgan fingerprint density at radius 3 is 2.74 bits per heavy atom. The van der Waals surface area contributed by atoms with Gasteiger partial charge in [0, 0.05) is 30.3 Å². The van der Waals surface area contributed by atoms with Crippen molar-refractivity contribution in [3.05, 3.63) is 53.8 Å². The van der Waals surface area contributed by atoms with E-state index in [0.29, 0.717) is 36.0 Å². The van der Waals surface area contributed by atoms with Crippen LogP contribution in [0.25, 0.3) is 0 Å². The van der Waals surface area contributed by atoms with Crippen LogP contribution in [0.2, 0.25) is 0 Å². The van der Waals surface area contributed by atoms with Gasteiger partial charge in [0.05, 0.1) is 5.92 Å². The Hall–Kier alpha value is -3.09. The number of carbonyl (C=O) groups is 2. The molecule has 7 heteroatoms. The molecule has 0 aromatic heterocycles. The molecule has 1 saturated heterocycles. The molecule has 0 N–H and O–H groups in total.